The molecular formula is C14H21N3O4. The Morgan fingerprint density at radius 2 is 1.81 bits per heavy atom. The molecule has 0 bridgehead atoms. The molecule has 3 fully saturated rings. The fourth-order valence-corrected chi connectivity index (χ4v) is 3.21. The Hall–Kier alpha value is -1.63. The van der Waals surface area contributed by atoms with Crippen LogP contribution in [0.1, 0.15) is 19.3 Å². The molecule has 2 heterocycles. The van der Waals surface area contributed by atoms with Gasteiger partial charge in [-0.2, -0.15) is 0 Å². The number of likely N-dealkylation sites (tertiary alicyclic amines) is 1. The summed E-state index contributed by atoms with van der Waals surface area (Å²) in [5.41, 5.74) is 0. The molecule has 0 aromatic rings. The van der Waals surface area contributed by atoms with Crippen LogP contribution in [0.3, 0.4) is 0 Å². The highest BCUT2D eigenvalue weighted by molar-refractivity contribution is 5.89. The summed E-state index contributed by atoms with van der Waals surface area (Å²) in [7, 11) is 0. The Balaban J connectivity index is 1.50. The Labute approximate surface area is 123 Å². The highest BCUT2D eigenvalue weighted by Crippen LogP contribution is 2.33. The second kappa shape index (κ2) is 5.63. The van der Waals surface area contributed by atoms with Crippen molar-refractivity contribution in [2.45, 2.75) is 25.3 Å². The maximum absolute atomic E-state index is 12.5. The maximum atomic E-state index is 12.5. The second-order valence-electron chi connectivity index (χ2n) is 6.17. The van der Waals surface area contributed by atoms with Gasteiger partial charge in [0.15, 0.2) is 0 Å². The quantitative estimate of drug-likeness (QED) is 0.736. The number of carboxylic acids is 1. The van der Waals surface area contributed by atoms with Crippen molar-refractivity contribution in [1.29, 1.82) is 0 Å². The number of carbonyl (C=O) groups excluding carboxylic acids is 2. The monoisotopic (exact) mass is 295 g/mol. The lowest BCUT2D eigenvalue weighted by Crippen LogP contribution is -2.51. The van der Waals surface area contributed by atoms with Crippen LogP contribution in [-0.2, 0) is 14.4 Å². The summed E-state index contributed by atoms with van der Waals surface area (Å²) in [5, 5.41) is 8.76. The van der Waals surface area contributed by atoms with Gasteiger partial charge in [-0.25, -0.2) is 0 Å². The van der Waals surface area contributed by atoms with Gasteiger partial charge >= 0.3 is 5.97 Å². The van der Waals surface area contributed by atoms with Crippen molar-refractivity contribution in [2.75, 3.05) is 39.3 Å². The van der Waals surface area contributed by atoms with Gasteiger partial charge in [-0.1, -0.05) is 0 Å². The third-order valence-electron chi connectivity index (χ3n) is 4.54. The Bertz CT molecular complexity index is 455. The molecule has 3 rings (SSSR count). The smallest absolute Gasteiger partial charge is 0.317 e. The number of carbonyl (C=O) groups is 3. The van der Waals surface area contributed by atoms with E-state index in [4.69, 9.17) is 5.11 Å². The first-order valence-electron chi connectivity index (χ1n) is 7.57. The van der Waals surface area contributed by atoms with E-state index < -0.39 is 5.97 Å². The SMILES string of the molecule is O=C(O)CN1CCN(C(=O)C2CC(=O)N(C3CC3)C2)CC1. The molecule has 7 heteroatoms. The van der Waals surface area contributed by atoms with Crippen LogP contribution in [0.15, 0.2) is 0 Å². The topological polar surface area (TPSA) is 81.2 Å². The summed E-state index contributed by atoms with van der Waals surface area (Å²) in [4.78, 5) is 40.5. The minimum Gasteiger partial charge on any atom is -0.480 e. The molecule has 7 nitrogen and oxygen atoms in total. The normalized spacial score (nSPS) is 27.2. The lowest BCUT2D eigenvalue weighted by molar-refractivity contribution is -0.140. The first-order valence-corrected chi connectivity index (χ1v) is 7.57. The van der Waals surface area contributed by atoms with E-state index in [9.17, 15) is 14.4 Å². The zero-order chi connectivity index (χ0) is 15.0. The molecule has 116 valence electrons. The number of hydrogen-bond acceptors (Lipinski definition) is 4. The van der Waals surface area contributed by atoms with Crippen molar-refractivity contribution in [3.8, 4) is 0 Å². The molecule has 2 aliphatic heterocycles. The molecule has 2 saturated heterocycles. The van der Waals surface area contributed by atoms with Crippen molar-refractivity contribution < 1.29 is 19.5 Å². The Kier molecular flexibility index (Phi) is 3.84. The zero-order valence-corrected chi connectivity index (χ0v) is 12.0. The maximum Gasteiger partial charge on any atom is 0.317 e. The summed E-state index contributed by atoms with van der Waals surface area (Å²) in [5.74, 6) is -0.873. The van der Waals surface area contributed by atoms with Crippen LogP contribution in [0.25, 0.3) is 0 Å². The first kappa shape index (κ1) is 14.3. The Morgan fingerprint density at radius 3 is 2.38 bits per heavy atom. The van der Waals surface area contributed by atoms with E-state index in [1.165, 1.54) is 0 Å². The zero-order valence-electron chi connectivity index (χ0n) is 12.0. The van der Waals surface area contributed by atoms with Crippen LogP contribution in [0.2, 0.25) is 0 Å². The molecule has 0 radical (unpaired) electrons. The van der Waals surface area contributed by atoms with Crippen LogP contribution in [0.5, 0.6) is 0 Å². The van der Waals surface area contributed by atoms with Gasteiger partial charge in [0.1, 0.15) is 0 Å². The van der Waals surface area contributed by atoms with Crippen LogP contribution in [-0.4, -0.2) is 82.9 Å². The fourth-order valence-electron chi connectivity index (χ4n) is 3.21. The largest absolute Gasteiger partial charge is 0.480 e. The van der Waals surface area contributed by atoms with Gasteiger partial charge in [0.2, 0.25) is 11.8 Å². The first-order chi connectivity index (χ1) is 10.0. The Morgan fingerprint density at radius 1 is 1.14 bits per heavy atom. The summed E-state index contributed by atoms with van der Waals surface area (Å²) in [6, 6.07) is 0.378. The molecule has 1 saturated carbocycles. The third-order valence-corrected chi connectivity index (χ3v) is 4.54. The second-order valence-corrected chi connectivity index (χ2v) is 6.17. The summed E-state index contributed by atoms with van der Waals surface area (Å²) >= 11 is 0. The van der Waals surface area contributed by atoms with Crippen LogP contribution >= 0.6 is 0 Å². The third kappa shape index (κ3) is 3.18. The lowest BCUT2D eigenvalue weighted by Gasteiger charge is -2.35. The standard InChI is InChI=1S/C14H21N3O4/c18-12-7-10(8-17(12)11-1-2-11)14(21)16-5-3-15(4-6-16)9-13(19)20/h10-11H,1-9H2,(H,19,20). The average Bonchev–Trinajstić information content (AvgIpc) is 3.21. The van der Waals surface area contributed by atoms with E-state index >= 15 is 0 Å². The van der Waals surface area contributed by atoms with Gasteiger partial charge in [-0.15, -0.1) is 0 Å². The number of piperazine rings is 1. The molecule has 1 atom stereocenters. The molecule has 21 heavy (non-hydrogen) atoms. The highest BCUT2D eigenvalue weighted by atomic mass is 16.4. The van der Waals surface area contributed by atoms with Crippen molar-refractivity contribution in [3.63, 3.8) is 0 Å². The van der Waals surface area contributed by atoms with E-state index in [1.807, 2.05) is 9.80 Å². The molecule has 0 spiro atoms. The predicted octanol–water partition coefficient (Wildman–Crippen LogP) is -0.774. The number of carboxylic acid groups (broad SMARTS) is 1. The molecule has 3 aliphatic rings. The van der Waals surface area contributed by atoms with Gasteiger partial charge in [-0.05, 0) is 12.8 Å². The summed E-state index contributed by atoms with van der Waals surface area (Å²) in [6.45, 7) is 2.88. The van der Waals surface area contributed by atoms with Crippen molar-refractivity contribution in [3.05, 3.63) is 0 Å². The molecule has 1 aliphatic carbocycles. The number of nitrogens with zero attached hydrogens (tertiary/aromatic N) is 3. The molecular weight excluding hydrogens is 274 g/mol. The highest BCUT2D eigenvalue weighted by Gasteiger charge is 2.43. The van der Waals surface area contributed by atoms with E-state index in [2.05, 4.69) is 0 Å². The average molecular weight is 295 g/mol. The molecule has 1 N–H and O–H groups in total. The van der Waals surface area contributed by atoms with Gasteiger partial charge in [0, 0.05) is 45.2 Å². The number of aliphatic carboxylic acids is 1. The number of amides is 2. The van der Waals surface area contributed by atoms with Gasteiger partial charge < -0.3 is 14.9 Å². The molecule has 0 aromatic carbocycles. The van der Waals surface area contributed by atoms with E-state index in [-0.39, 0.29) is 24.3 Å². The van der Waals surface area contributed by atoms with Crippen molar-refractivity contribution in [1.82, 2.24) is 14.7 Å². The van der Waals surface area contributed by atoms with E-state index in [0.29, 0.717) is 45.2 Å². The predicted molar refractivity (Wildman–Crippen MR) is 73.5 cm³/mol. The van der Waals surface area contributed by atoms with Gasteiger partial charge in [0.05, 0.1) is 12.5 Å². The summed E-state index contributed by atoms with van der Waals surface area (Å²) < 4.78 is 0. The van der Waals surface area contributed by atoms with Crippen molar-refractivity contribution >= 4 is 17.8 Å². The van der Waals surface area contributed by atoms with Gasteiger partial charge in [-0.3, -0.25) is 19.3 Å². The minimum absolute atomic E-state index is 0.0272. The van der Waals surface area contributed by atoms with Gasteiger partial charge in [0.25, 0.3) is 0 Å². The minimum atomic E-state index is -0.837. The van der Waals surface area contributed by atoms with Crippen LogP contribution in [0, 0.1) is 5.92 Å². The van der Waals surface area contributed by atoms with Crippen molar-refractivity contribution in [2.24, 2.45) is 5.92 Å². The molecule has 0 aromatic heterocycles. The van der Waals surface area contributed by atoms with E-state index in [0.717, 1.165) is 12.8 Å². The fraction of sp³-hybridized carbons (Fsp3) is 0.786. The van der Waals surface area contributed by atoms with Crippen LogP contribution in [0.4, 0.5) is 0 Å². The van der Waals surface area contributed by atoms with E-state index in [1.54, 1.807) is 4.90 Å². The number of hydrogen-bond donors (Lipinski definition) is 1. The number of rotatable bonds is 4. The molecule has 1 unspecified atom stereocenters. The van der Waals surface area contributed by atoms with Crippen LogP contribution < -0.4 is 0 Å². The lowest BCUT2D eigenvalue weighted by atomic mass is 10.1. The molecule has 2 amide bonds. The summed E-state index contributed by atoms with van der Waals surface area (Å²) in [6.07, 6.45) is 2.48.